The average molecular weight is 499 g/mol. The molecule has 1 fully saturated rings. The van der Waals surface area contributed by atoms with Crippen LogP contribution in [0.1, 0.15) is 19.4 Å². The van der Waals surface area contributed by atoms with Crippen molar-refractivity contribution in [3.8, 4) is 17.2 Å². The van der Waals surface area contributed by atoms with Gasteiger partial charge in [-0.1, -0.05) is 12.1 Å². The first kappa shape index (κ1) is 26.5. The number of ether oxygens (including phenoxy) is 4. The van der Waals surface area contributed by atoms with Gasteiger partial charge < -0.3 is 29.2 Å². The summed E-state index contributed by atoms with van der Waals surface area (Å²) in [7, 11) is 0. The van der Waals surface area contributed by atoms with Crippen LogP contribution in [-0.4, -0.2) is 75.0 Å². The van der Waals surface area contributed by atoms with Gasteiger partial charge in [0, 0.05) is 13.1 Å². The van der Waals surface area contributed by atoms with Crippen LogP contribution in [0.3, 0.4) is 0 Å². The van der Waals surface area contributed by atoms with Gasteiger partial charge in [0.1, 0.15) is 5.75 Å². The van der Waals surface area contributed by atoms with Crippen molar-refractivity contribution in [2.45, 2.75) is 13.8 Å². The highest BCUT2D eigenvalue weighted by atomic mass is 16.5. The summed E-state index contributed by atoms with van der Waals surface area (Å²) in [6, 6.07) is 11.8. The van der Waals surface area contributed by atoms with Gasteiger partial charge in [-0.15, -0.1) is 0 Å². The molecule has 0 aliphatic carbocycles. The lowest BCUT2D eigenvalue weighted by Gasteiger charge is -2.26. The van der Waals surface area contributed by atoms with Crippen LogP contribution in [0.5, 0.6) is 17.2 Å². The Morgan fingerprint density at radius 3 is 2.42 bits per heavy atom. The molecule has 1 saturated heterocycles. The first-order valence-electron chi connectivity index (χ1n) is 11.6. The summed E-state index contributed by atoms with van der Waals surface area (Å²) in [6.07, 6.45) is 1.37. The molecular formula is C25H30N4O7. The minimum atomic E-state index is -0.941. The second-order valence-corrected chi connectivity index (χ2v) is 7.50. The Morgan fingerprint density at radius 1 is 0.944 bits per heavy atom. The molecule has 0 radical (unpaired) electrons. The molecule has 1 aliphatic heterocycles. The fourth-order valence-corrected chi connectivity index (χ4v) is 3.28. The summed E-state index contributed by atoms with van der Waals surface area (Å²) >= 11 is 0. The number of carbonyl (C=O) groups excluding carboxylic acids is 3. The van der Waals surface area contributed by atoms with Crippen molar-refractivity contribution in [3.63, 3.8) is 0 Å². The van der Waals surface area contributed by atoms with Gasteiger partial charge in [-0.2, -0.15) is 5.10 Å². The molecule has 1 heterocycles. The van der Waals surface area contributed by atoms with Crippen molar-refractivity contribution in [1.82, 2.24) is 10.3 Å². The number of para-hydroxylation sites is 2. The zero-order valence-electron chi connectivity index (χ0n) is 20.3. The van der Waals surface area contributed by atoms with Gasteiger partial charge in [-0.05, 0) is 49.7 Å². The molecule has 2 aromatic rings. The third-order valence-corrected chi connectivity index (χ3v) is 5.00. The van der Waals surface area contributed by atoms with Crippen LogP contribution in [0.25, 0.3) is 0 Å². The van der Waals surface area contributed by atoms with Gasteiger partial charge in [0.25, 0.3) is 5.91 Å². The molecule has 1 aliphatic rings. The summed E-state index contributed by atoms with van der Waals surface area (Å²) in [6.45, 7) is 6.44. The van der Waals surface area contributed by atoms with Crippen LogP contribution in [0.2, 0.25) is 0 Å². The minimum Gasteiger partial charge on any atom is -0.492 e. The SMILES string of the molecule is CCOc1ccccc1NC(=O)C(=O)N/N=C\c1ccc(OCC(=O)N2CCOCC2)c(OCC)c1. The number of anilines is 1. The maximum absolute atomic E-state index is 12.3. The topological polar surface area (TPSA) is 128 Å². The minimum absolute atomic E-state index is 0.120. The van der Waals surface area contributed by atoms with Crippen LogP contribution < -0.4 is 25.0 Å². The second-order valence-electron chi connectivity index (χ2n) is 7.50. The molecular weight excluding hydrogens is 468 g/mol. The van der Waals surface area contributed by atoms with E-state index in [0.29, 0.717) is 68.0 Å². The van der Waals surface area contributed by atoms with E-state index >= 15 is 0 Å². The molecule has 0 atom stereocenters. The Hall–Kier alpha value is -4.12. The summed E-state index contributed by atoms with van der Waals surface area (Å²) in [5.41, 5.74) is 3.16. The molecule has 2 aromatic carbocycles. The van der Waals surface area contributed by atoms with E-state index < -0.39 is 11.8 Å². The number of rotatable bonds is 10. The van der Waals surface area contributed by atoms with Crippen LogP contribution >= 0.6 is 0 Å². The van der Waals surface area contributed by atoms with Crippen molar-refractivity contribution in [2.24, 2.45) is 5.10 Å². The highest BCUT2D eigenvalue weighted by Crippen LogP contribution is 2.28. The van der Waals surface area contributed by atoms with Crippen molar-refractivity contribution in [2.75, 3.05) is 51.4 Å². The Balaban J connectivity index is 1.56. The monoisotopic (exact) mass is 498 g/mol. The lowest BCUT2D eigenvalue weighted by atomic mass is 10.2. The molecule has 0 bridgehead atoms. The van der Waals surface area contributed by atoms with Crippen LogP contribution in [0.15, 0.2) is 47.6 Å². The van der Waals surface area contributed by atoms with Crippen molar-refractivity contribution in [1.29, 1.82) is 0 Å². The molecule has 0 aromatic heterocycles. The zero-order chi connectivity index (χ0) is 25.8. The first-order valence-corrected chi connectivity index (χ1v) is 11.6. The summed E-state index contributed by atoms with van der Waals surface area (Å²) in [5, 5.41) is 6.34. The normalized spacial score (nSPS) is 13.2. The standard InChI is InChI=1S/C25H30N4O7/c1-3-34-20-8-6-5-7-19(20)27-24(31)25(32)28-26-16-18-9-10-21(22(15-18)35-4-2)36-17-23(30)29-11-13-33-14-12-29/h5-10,15-16H,3-4,11-14,17H2,1-2H3,(H,27,31)(H,28,32)/b26-16-. The second kappa shape index (κ2) is 13.7. The summed E-state index contributed by atoms with van der Waals surface area (Å²) in [5.74, 6) is -0.662. The van der Waals surface area contributed by atoms with E-state index in [1.807, 2.05) is 13.8 Å². The highest BCUT2D eigenvalue weighted by molar-refractivity contribution is 6.39. The third kappa shape index (κ3) is 7.70. The predicted molar refractivity (Wildman–Crippen MR) is 132 cm³/mol. The number of carbonyl (C=O) groups is 3. The Kier molecular flexibility index (Phi) is 10.1. The molecule has 0 spiro atoms. The largest absolute Gasteiger partial charge is 0.492 e. The Bertz CT molecular complexity index is 1080. The molecule has 36 heavy (non-hydrogen) atoms. The lowest BCUT2D eigenvalue weighted by Crippen LogP contribution is -2.43. The fourth-order valence-electron chi connectivity index (χ4n) is 3.28. The first-order chi connectivity index (χ1) is 17.5. The van der Waals surface area contributed by atoms with Gasteiger partial charge in [0.2, 0.25) is 0 Å². The molecule has 192 valence electrons. The van der Waals surface area contributed by atoms with Gasteiger partial charge in [-0.3, -0.25) is 14.4 Å². The van der Waals surface area contributed by atoms with Crippen LogP contribution in [0, 0.1) is 0 Å². The quantitative estimate of drug-likeness (QED) is 0.291. The Labute approximate surface area is 209 Å². The van der Waals surface area contributed by atoms with E-state index in [4.69, 9.17) is 18.9 Å². The van der Waals surface area contributed by atoms with Gasteiger partial charge >= 0.3 is 11.8 Å². The van der Waals surface area contributed by atoms with Gasteiger partial charge in [0.05, 0.1) is 38.3 Å². The molecule has 3 amide bonds. The van der Waals surface area contributed by atoms with E-state index in [2.05, 4.69) is 15.8 Å². The maximum Gasteiger partial charge on any atom is 0.329 e. The molecule has 11 heteroatoms. The van der Waals surface area contributed by atoms with Crippen molar-refractivity contribution >= 4 is 29.6 Å². The van der Waals surface area contributed by atoms with E-state index in [1.54, 1.807) is 47.4 Å². The van der Waals surface area contributed by atoms with E-state index in [1.165, 1.54) is 6.21 Å². The van der Waals surface area contributed by atoms with Gasteiger partial charge in [0.15, 0.2) is 18.1 Å². The summed E-state index contributed by atoms with van der Waals surface area (Å²) < 4.78 is 22.0. The number of amides is 3. The third-order valence-electron chi connectivity index (χ3n) is 5.00. The van der Waals surface area contributed by atoms with Crippen LogP contribution in [0.4, 0.5) is 5.69 Å². The number of morpholine rings is 1. The molecule has 0 unspecified atom stereocenters. The lowest BCUT2D eigenvalue weighted by molar-refractivity contribution is -0.137. The van der Waals surface area contributed by atoms with E-state index in [0.717, 1.165) is 0 Å². The van der Waals surface area contributed by atoms with Crippen molar-refractivity contribution in [3.05, 3.63) is 48.0 Å². The highest BCUT2D eigenvalue weighted by Gasteiger charge is 2.18. The molecule has 2 N–H and O–H groups in total. The smallest absolute Gasteiger partial charge is 0.329 e. The van der Waals surface area contributed by atoms with Gasteiger partial charge in [-0.25, -0.2) is 5.43 Å². The number of hydrazone groups is 1. The van der Waals surface area contributed by atoms with E-state index in [9.17, 15) is 14.4 Å². The summed E-state index contributed by atoms with van der Waals surface area (Å²) in [4.78, 5) is 38.4. The van der Waals surface area contributed by atoms with Crippen LogP contribution in [-0.2, 0) is 19.1 Å². The maximum atomic E-state index is 12.3. The average Bonchev–Trinajstić information content (AvgIpc) is 2.90. The molecule has 3 rings (SSSR count). The molecule has 0 saturated carbocycles. The number of hydrogen-bond donors (Lipinski definition) is 2. The number of nitrogens with zero attached hydrogens (tertiary/aromatic N) is 2. The number of benzene rings is 2. The number of nitrogens with one attached hydrogen (secondary N) is 2. The van der Waals surface area contributed by atoms with Crippen molar-refractivity contribution < 1.29 is 33.3 Å². The predicted octanol–water partition coefficient (Wildman–Crippen LogP) is 1.81. The zero-order valence-corrected chi connectivity index (χ0v) is 20.3. The number of hydrogen-bond acceptors (Lipinski definition) is 8. The Morgan fingerprint density at radius 2 is 1.67 bits per heavy atom. The fraction of sp³-hybridized carbons (Fsp3) is 0.360. The van der Waals surface area contributed by atoms with E-state index in [-0.39, 0.29) is 12.5 Å². The molecule has 11 nitrogen and oxygen atoms in total.